The Kier molecular flexibility index (Phi) is 5.39. The molecule has 2 heterocycles. The molecule has 5 nitrogen and oxygen atoms in total. The lowest BCUT2D eigenvalue weighted by Crippen LogP contribution is -2.50. The first-order valence-electron chi connectivity index (χ1n) is 9.76. The highest BCUT2D eigenvalue weighted by Gasteiger charge is 2.25. The molecule has 0 aromatic heterocycles. The van der Waals surface area contributed by atoms with Gasteiger partial charge in [0.2, 0.25) is 5.91 Å². The zero-order valence-electron chi connectivity index (χ0n) is 16.1. The molecule has 0 unspecified atom stereocenters. The van der Waals surface area contributed by atoms with Crippen molar-refractivity contribution >= 4 is 17.3 Å². The molecular weight excluding hydrogens is 355 g/mol. The van der Waals surface area contributed by atoms with E-state index in [1.165, 1.54) is 23.4 Å². The Hall–Kier alpha value is -2.73. The van der Waals surface area contributed by atoms with E-state index in [9.17, 15) is 9.18 Å². The van der Waals surface area contributed by atoms with Gasteiger partial charge in [0, 0.05) is 44.7 Å². The zero-order valence-corrected chi connectivity index (χ0v) is 16.1. The minimum absolute atomic E-state index is 0.0481. The van der Waals surface area contributed by atoms with Crippen LogP contribution in [0.2, 0.25) is 0 Å². The Labute approximate surface area is 165 Å². The van der Waals surface area contributed by atoms with Crippen molar-refractivity contribution in [2.24, 2.45) is 5.10 Å². The summed E-state index contributed by atoms with van der Waals surface area (Å²) in [4.78, 5) is 17.0. The van der Waals surface area contributed by atoms with Crippen molar-refractivity contribution in [1.29, 1.82) is 0 Å². The van der Waals surface area contributed by atoms with Gasteiger partial charge in [-0.3, -0.25) is 9.69 Å². The van der Waals surface area contributed by atoms with Gasteiger partial charge in [-0.25, -0.2) is 9.40 Å². The van der Waals surface area contributed by atoms with Gasteiger partial charge < -0.3 is 4.90 Å². The van der Waals surface area contributed by atoms with Crippen molar-refractivity contribution in [3.63, 3.8) is 0 Å². The molecule has 6 heteroatoms. The third kappa shape index (κ3) is 4.22. The summed E-state index contributed by atoms with van der Waals surface area (Å²) in [6.45, 7) is 6.25. The number of benzene rings is 2. The maximum atomic E-state index is 13.2. The van der Waals surface area contributed by atoms with Crippen LogP contribution in [-0.4, -0.2) is 54.4 Å². The van der Waals surface area contributed by atoms with Gasteiger partial charge in [-0.15, -0.1) is 0 Å². The van der Waals surface area contributed by atoms with Gasteiger partial charge >= 0.3 is 0 Å². The van der Waals surface area contributed by atoms with Crippen molar-refractivity contribution in [2.45, 2.75) is 19.8 Å². The first-order valence-corrected chi connectivity index (χ1v) is 9.76. The predicted octanol–water partition coefficient (Wildman–Crippen LogP) is 3.24. The molecule has 2 aromatic rings. The minimum atomic E-state index is -0.264. The van der Waals surface area contributed by atoms with Crippen molar-refractivity contribution in [3.8, 4) is 0 Å². The van der Waals surface area contributed by atoms with E-state index in [0.29, 0.717) is 19.5 Å². The molecule has 0 aliphatic carbocycles. The molecule has 2 aliphatic rings. The molecule has 0 N–H and O–H groups in total. The molecule has 0 bridgehead atoms. The molecule has 146 valence electrons. The Morgan fingerprint density at radius 1 is 1.00 bits per heavy atom. The standard InChI is InChI=1S/C22H25FN4O/c1-17-3-2-4-20(15-17)26-13-11-25(12-14-26)16-27-22(28)10-9-21(24-27)18-5-7-19(23)8-6-18/h2-8,15H,9-14,16H2,1H3. The number of rotatable bonds is 4. The van der Waals surface area contributed by atoms with Gasteiger partial charge in [-0.05, 0) is 42.3 Å². The third-order valence-electron chi connectivity index (χ3n) is 5.36. The van der Waals surface area contributed by atoms with Crippen molar-refractivity contribution in [3.05, 3.63) is 65.5 Å². The molecule has 4 rings (SSSR count). The summed E-state index contributed by atoms with van der Waals surface area (Å²) >= 11 is 0. The van der Waals surface area contributed by atoms with Gasteiger partial charge in [0.25, 0.3) is 0 Å². The van der Waals surface area contributed by atoms with E-state index in [2.05, 4.69) is 46.1 Å². The molecule has 0 atom stereocenters. The Bertz CT molecular complexity index is 872. The number of anilines is 1. The number of hydrazone groups is 1. The van der Waals surface area contributed by atoms with E-state index in [0.717, 1.165) is 37.5 Å². The number of piperazine rings is 1. The van der Waals surface area contributed by atoms with Crippen LogP contribution in [0.5, 0.6) is 0 Å². The second-order valence-corrected chi connectivity index (χ2v) is 7.43. The number of halogens is 1. The summed E-state index contributed by atoms with van der Waals surface area (Å²) in [6.07, 6.45) is 1.04. The highest BCUT2D eigenvalue weighted by molar-refractivity contribution is 6.04. The maximum absolute atomic E-state index is 13.2. The summed E-state index contributed by atoms with van der Waals surface area (Å²) in [5, 5.41) is 6.14. The molecule has 1 amide bonds. The molecule has 28 heavy (non-hydrogen) atoms. The highest BCUT2D eigenvalue weighted by atomic mass is 19.1. The van der Waals surface area contributed by atoms with Crippen LogP contribution in [0.15, 0.2) is 53.6 Å². The van der Waals surface area contributed by atoms with E-state index in [-0.39, 0.29) is 11.7 Å². The zero-order chi connectivity index (χ0) is 19.5. The van der Waals surface area contributed by atoms with E-state index >= 15 is 0 Å². The first-order chi connectivity index (χ1) is 13.6. The van der Waals surface area contributed by atoms with Gasteiger partial charge in [0.1, 0.15) is 5.82 Å². The van der Waals surface area contributed by atoms with Gasteiger partial charge in [0.15, 0.2) is 0 Å². The first kappa shape index (κ1) is 18.6. The number of carbonyl (C=O) groups is 1. The second-order valence-electron chi connectivity index (χ2n) is 7.43. The van der Waals surface area contributed by atoms with Crippen LogP contribution in [0, 0.1) is 12.7 Å². The summed E-state index contributed by atoms with van der Waals surface area (Å²) in [5.41, 5.74) is 4.24. The predicted molar refractivity (Wildman–Crippen MR) is 109 cm³/mol. The lowest BCUT2D eigenvalue weighted by atomic mass is 10.0. The fourth-order valence-corrected chi connectivity index (χ4v) is 3.72. The number of nitrogens with zero attached hydrogens (tertiary/aromatic N) is 4. The van der Waals surface area contributed by atoms with Crippen LogP contribution in [0.25, 0.3) is 0 Å². The SMILES string of the molecule is Cc1cccc(N2CCN(CN3N=C(c4ccc(F)cc4)CCC3=O)CC2)c1. The van der Waals surface area contributed by atoms with E-state index in [4.69, 9.17) is 0 Å². The fourth-order valence-electron chi connectivity index (χ4n) is 3.72. The Morgan fingerprint density at radius 2 is 1.75 bits per heavy atom. The summed E-state index contributed by atoms with van der Waals surface area (Å²) < 4.78 is 13.2. The van der Waals surface area contributed by atoms with E-state index < -0.39 is 0 Å². The van der Waals surface area contributed by atoms with Crippen LogP contribution in [0.3, 0.4) is 0 Å². The molecule has 0 radical (unpaired) electrons. The normalized spacial score (nSPS) is 18.4. The summed E-state index contributed by atoms with van der Waals surface area (Å²) in [5.74, 6) is -0.216. The number of amides is 1. The molecule has 1 saturated heterocycles. The monoisotopic (exact) mass is 380 g/mol. The van der Waals surface area contributed by atoms with Crippen LogP contribution in [0.1, 0.15) is 24.0 Å². The number of carbonyl (C=O) groups excluding carboxylic acids is 1. The highest BCUT2D eigenvalue weighted by Crippen LogP contribution is 2.20. The van der Waals surface area contributed by atoms with Crippen LogP contribution in [-0.2, 0) is 4.79 Å². The van der Waals surface area contributed by atoms with Crippen molar-refractivity contribution < 1.29 is 9.18 Å². The number of aryl methyl sites for hydroxylation is 1. The molecular formula is C22H25FN4O. The number of hydrogen-bond donors (Lipinski definition) is 0. The van der Waals surface area contributed by atoms with Crippen LogP contribution < -0.4 is 4.90 Å². The maximum Gasteiger partial charge on any atom is 0.244 e. The Balaban J connectivity index is 1.39. The topological polar surface area (TPSA) is 39.1 Å². The molecule has 2 aromatic carbocycles. The van der Waals surface area contributed by atoms with Crippen LogP contribution in [0.4, 0.5) is 10.1 Å². The van der Waals surface area contributed by atoms with Gasteiger partial charge in [0.05, 0.1) is 12.4 Å². The molecule has 1 fully saturated rings. The van der Waals surface area contributed by atoms with E-state index in [1.807, 2.05) is 0 Å². The lowest BCUT2D eigenvalue weighted by molar-refractivity contribution is -0.134. The van der Waals surface area contributed by atoms with Gasteiger partial charge in [-0.1, -0.05) is 24.3 Å². The van der Waals surface area contributed by atoms with Crippen LogP contribution >= 0.6 is 0 Å². The average molecular weight is 380 g/mol. The summed E-state index contributed by atoms with van der Waals surface area (Å²) in [6, 6.07) is 14.9. The minimum Gasteiger partial charge on any atom is -0.369 e. The average Bonchev–Trinajstić information content (AvgIpc) is 2.71. The largest absolute Gasteiger partial charge is 0.369 e. The molecule has 0 spiro atoms. The fraction of sp³-hybridized carbons (Fsp3) is 0.364. The Morgan fingerprint density at radius 3 is 2.46 bits per heavy atom. The lowest BCUT2D eigenvalue weighted by Gasteiger charge is -2.38. The van der Waals surface area contributed by atoms with Crippen molar-refractivity contribution in [1.82, 2.24) is 9.91 Å². The van der Waals surface area contributed by atoms with Crippen molar-refractivity contribution in [2.75, 3.05) is 37.7 Å². The quantitative estimate of drug-likeness (QED) is 0.818. The van der Waals surface area contributed by atoms with E-state index in [1.54, 1.807) is 17.1 Å². The molecule has 0 saturated carbocycles. The second kappa shape index (κ2) is 8.10. The number of hydrogen-bond acceptors (Lipinski definition) is 4. The third-order valence-corrected chi connectivity index (χ3v) is 5.36. The summed E-state index contributed by atoms with van der Waals surface area (Å²) in [7, 11) is 0. The van der Waals surface area contributed by atoms with Gasteiger partial charge in [-0.2, -0.15) is 5.10 Å². The smallest absolute Gasteiger partial charge is 0.244 e. The molecule has 2 aliphatic heterocycles.